The van der Waals surface area contributed by atoms with Crippen molar-refractivity contribution < 1.29 is 28.7 Å². The van der Waals surface area contributed by atoms with E-state index in [1.54, 1.807) is 20.8 Å². The molecule has 0 fully saturated rings. The van der Waals surface area contributed by atoms with Crippen LogP contribution in [0.25, 0.3) is 0 Å². The first-order chi connectivity index (χ1) is 8.70. The molecule has 0 aliphatic carbocycles. The zero-order chi connectivity index (χ0) is 15.1. The van der Waals surface area contributed by atoms with Crippen LogP contribution >= 0.6 is 0 Å². The average Bonchev–Trinajstić information content (AvgIpc) is 2.32. The Morgan fingerprint density at radius 3 is 2.00 bits per heavy atom. The Hall–Kier alpha value is -1.72. The molecule has 6 heteroatoms. The lowest BCUT2D eigenvalue weighted by atomic mass is 9.85. The molecule has 0 aliphatic rings. The monoisotopic (exact) mass is 272 g/mol. The lowest BCUT2D eigenvalue weighted by Crippen LogP contribution is -2.33. The lowest BCUT2D eigenvalue weighted by Gasteiger charge is -2.19. The number of hydrogen-bond donors (Lipinski definition) is 0. The normalized spacial score (nSPS) is 10.7. The summed E-state index contributed by atoms with van der Waals surface area (Å²) in [5, 5.41) is 0. The highest BCUT2D eigenvalue weighted by Gasteiger charge is 2.32. The van der Waals surface area contributed by atoms with Gasteiger partial charge < -0.3 is 9.47 Å². The summed E-state index contributed by atoms with van der Waals surface area (Å²) in [7, 11) is 0. The van der Waals surface area contributed by atoms with Crippen LogP contribution in [0.4, 0.5) is 0 Å². The molecule has 0 aliphatic heterocycles. The predicted octanol–water partition coefficient (Wildman–Crippen LogP) is 1.06. The van der Waals surface area contributed by atoms with Crippen molar-refractivity contribution in [1.82, 2.24) is 0 Å². The first-order valence-electron chi connectivity index (χ1n) is 6.07. The molecule has 0 radical (unpaired) electrons. The minimum atomic E-state index is -0.936. The Labute approximate surface area is 112 Å². The Kier molecular flexibility index (Phi) is 6.96. The van der Waals surface area contributed by atoms with E-state index in [1.165, 1.54) is 6.92 Å². The topological polar surface area (TPSA) is 86.7 Å². The molecule has 0 heterocycles. The van der Waals surface area contributed by atoms with Crippen molar-refractivity contribution in [3.8, 4) is 0 Å². The number of ether oxygens (including phenoxy) is 2. The van der Waals surface area contributed by atoms with Gasteiger partial charge in [0.15, 0.2) is 0 Å². The fourth-order valence-electron chi connectivity index (χ4n) is 1.05. The second-order valence-electron chi connectivity index (χ2n) is 4.80. The highest BCUT2D eigenvalue weighted by atomic mass is 16.6. The van der Waals surface area contributed by atoms with Crippen LogP contribution in [0, 0.1) is 5.41 Å². The second kappa shape index (κ2) is 7.66. The van der Waals surface area contributed by atoms with Gasteiger partial charge in [0.25, 0.3) is 0 Å². The summed E-state index contributed by atoms with van der Waals surface area (Å²) in [5.41, 5.74) is -0.762. The molecule has 0 atom stereocenters. The zero-order valence-corrected chi connectivity index (χ0v) is 11.8. The molecule has 0 saturated carbocycles. The van der Waals surface area contributed by atoms with Crippen molar-refractivity contribution in [3.05, 3.63) is 0 Å². The summed E-state index contributed by atoms with van der Waals surface area (Å²) < 4.78 is 9.34. The van der Waals surface area contributed by atoms with Crippen LogP contribution in [0.5, 0.6) is 0 Å². The number of hydrogen-bond acceptors (Lipinski definition) is 6. The standard InChI is InChI=1S/C13H20O6/c1-5-13(3,4)11(16)12(17)19-7-6-18-10(15)8-9(2)14/h5-8H2,1-4H3. The van der Waals surface area contributed by atoms with Gasteiger partial charge in [-0.05, 0) is 13.3 Å². The molecule has 0 N–H and O–H groups in total. The van der Waals surface area contributed by atoms with Gasteiger partial charge in [0.1, 0.15) is 25.4 Å². The number of Topliss-reactive ketones (excluding diaryl/α,β-unsaturated/α-hetero) is 2. The average molecular weight is 272 g/mol. The van der Waals surface area contributed by atoms with Gasteiger partial charge in [0.05, 0.1) is 0 Å². The summed E-state index contributed by atoms with van der Waals surface area (Å²) >= 11 is 0. The predicted molar refractivity (Wildman–Crippen MR) is 66.3 cm³/mol. The van der Waals surface area contributed by atoms with Crippen LogP contribution in [-0.4, -0.2) is 36.7 Å². The Balaban J connectivity index is 3.96. The van der Waals surface area contributed by atoms with Crippen molar-refractivity contribution in [3.63, 3.8) is 0 Å². The van der Waals surface area contributed by atoms with Crippen LogP contribution in [0.15, 0.2) is 0 Å². The fraction of sp³-hybridized carbons (Fsp3) is 0.692. The molecule has 0 aromatic rings. The van der Waals surface area contributed by atoms with E-state index in [4.69, 9.17) is 4.74 Å². The van der Waals surface area contributed by atoms with E-state index in [-0.39, 0.29) is 25.4 Å². The molecular weight excluding hydrogens is 252 g/mol. The third kappa shape index (κ3) is 6.69. The Morgan fingerprint density at radius 1 is 1.00 bits per heavy atom. The van der Waals surface area contributed by atoms with Gasteiger partial charge in [-0.15, -0.1) is 0 Å². The molecule has 0 unspecified atom stereocenters. The minimum absolute atomic E-state index is 0.169. The number of ketones is 2. The highest BCUT2D eigenvalue weighted by molar-refractivity contribution is 6.35. The van der Waals surface area contributed by atoms with Crippen LogP contribution in [0.3, 0.4) is 0 Å². The third-order valence-corrected chi connectivity index (χ3v) is 2.66. The summed E-state index contributed by atoms with van der Waals surface area (Å²) in [6, 6.07) is 0. The van der Waals surface area contributed by atoms with Crippen molar-refractivity contribution in [1.29, 1.82) is 0 Å². The number of carbonyl (C=O) groups excluding carboxylic acids is 4. The molecule has 19 heavy (non-hydrogen) atoms. The second-order valence-corrected chi connectivity index (χ2v) is 4.80. The van der Waals surface area contributed by atoms with Crippen molar-refractivity contribution in [2.24, 2.45) is 5.41 Å². The van der Waals surface area contributed by atoms with Crippen LogP contribution < -0.4 is 0 Å². The summed E-state index contributed by atoms with van der Waals surface area (Å²) in [6.45, 7) is 6.01. The van der Waals surface area contributed by atoms with Gasteiger partial charge in [-0.2, -0.15) is 0 Å². The van der Waals surface area contributed by atoms with E-state index in [0.29, 0.717) is 6.42 Å². The van der Waals surface area contributed by atoms with Gasteiger partial charge in [-0.1, -0.05) is 20.8 Å². The van der Waals surface area contributed by atoms with Crippen LogP contribution in [0.2, 0.25) is 0 Å². The number of carbonyl (C=O) groups is 4. The third-order valence-electron chi connectivity index (χ3n) is 2.66. The van der Waals surface area contributed by atoms with E-state index in [2.05, 4.69) is 4.74 Å². The van der Waals surface area contributed by atoms with E-state index < -0.39 is 23.1 Å². The molecule has 108 valence electrons. The maximum atomic E-state index is 11.6. The maximum absolute atomic E-state index is 11.6. The van der Waals surface area contributed by atoms with E-state index in [0.717, 1.165) is 0 Å². The maximum Gasteiger partial charge on any atom is 0.375 e. The summed E-state index contributed by atoms with van der Waals surface area (Å²) in [6.07, 6.45) is 0.213. The molecule has 0 aromatic carbocycles. The fourth-order valence-corrected chi connectivity index (χ4v) is 1.05. The largest absolute Gasteiger partial charge is 0.462 e. The van der Waals surface area contributed by atoms with Crippen molar-refractivity contribution >= 4 is 23.5 Å². The lowest BCUT2D eigenvalue weighted by molar-refractivity contribution is -0.160. The first kappa shape index (κ1) is 17.3. The zero-order valence-electron chi connectivity index (χ0n) is 11.8. The smallest absolute Gasteiger partial charge is 0.375 e. The Morgan fingerprint density at radius 2 is 1.53 bits per heavy atom. The molecule has 0 amide bonds. The SMILES string of the molecule is CCC(C)(C)C(=O)C(=O)OCCOC(=O)CC(C)=O. The molecule has 0 aromatic heterocycles. The molecule has 0 saturated heterocycles. The molecule has 0 spiro atoms. The van der Waals surface area contributed by atoms with Gasteiger partial charge in [0.2, 0.25) is 5.78 Å². The molecular formula is C13H20O6. The van der Waals surface area contributed by atoms with Crippen molar-refractivity contribution in [2.75, 3.05) is 13.2 Å². The molecule has 0 bridgehead atoms. The van der Waals surface area contributed by atoms with Gasteiger partial charge in [0, 0.05) is 5.41 Å². The van der Waals surface area contributed by atoms with Crippen LogP contribution in [0.1, 0.15) is 40.5 Å². The molecule has 6 nitrogen and oxygen atoms in total. The summed E-state index contributed by atoms with van der Waals surface area (Å²) in [5.74, 6) is -2.52. The van der Waals surface area contributed by atoms with E-state index in [1.807, 2.05) is 0 Å². The van der Waals surface area contributed by atoms with E-state index in [9.17, 15) is 19.2 Å². The quantitative estimate of drug-likeness (QED) is 0.284. The van der Waals surface area contributed by atoms with Gasteiger partial charge in [-0.3, -0.25) is 14.4 Å². The van der Waals surface area contributed by atoms with E-state index >= 15 is 0 Å². The molecule has 0 rings (SSSR count). The van der Waals surface area contributed by atoms with Gasteiger partial charge in [-0.25, -0.2) is 4.79 Å². The summed E-state index contributed by atoms with van der Waals surface area (Å²) in [4.78, 5) is 44.6. The van der Waals surface area contributed by atoms with Crippen LogP contribution in [-0.2, 0) is 28.7 Å². The number of rotatable bonds is 8. The van der Waals surface area contributed by atoms with Crippen molar-refractivity contribution in [2.45, 2.75) is 40.5 Å². The first-order valence-corrected chi connectivity index (χ1v) is 6.07. The number of esters is 2. The van der Waals surface area contributed by atoms with Gasteiger partial charge >= 0.3 is 11.9 Å². The minimum Gasteiger partial charge on any atom is -0.462 e. The highest BCUT2D eigenvalue weighted by Crippen LogP contribution is 2.21. The Bertz CT molecular complexity index is 369.